The van der Waals surface area contributed by atoms with Gasteiger partial charge in [0.1, 0.15) is 12.4 Å². The molecule has 25 heavy (non-hydrogen) atoms. The number of ether oxygens (including phenoxy) is 2. The molecule has 0 aliphatic rings. The Morgan fingerprint density at radius 3 is 2.56 bits per heavy atom. The number of non-ortho nitro benzene ring substituents is 1. The lowest BCUT2D eigenvalue weighted by Crippen LogP contribution is -2.14. The number of hydrogen-bond acceptors (Lipinski definition) is 6. The van der Waals surface area contributed by atoms with Crippen LogP contribution in [0.2, 0.25) is 0 Å². The number of nitro groups is 1. The topological polar surface area (TPSA) is 95.7 Å². The lowest BCUT2D eigenvalue weighted by atomic mass is 10.1. The zero-order chi connectivity index (χ0) is 18.2. The van der Waals surface area contributed by atoms with Crippen LogP contribution in [-0.4, -0.2) is 29.9 Å². The molecule has 0 radical (unpaired) electrons. The molecule has 0 atom stereocenters. The molecule has 2 rings (SSSR count). The monoisotopic (exact) mass is 341 g/mol. The Balaban J connectivity index is 1.99. The molecule has 0 fully saturated rings. The summed E-state index contributed by atoms with van der Waals surface area (Å²) >= 11 is 0. The van der Waals surface area contributed by atoms with E-state index in [0.29, 0.717) is 12.4 Å². The Labute approximate surface area is 143 Å². The van der Waals surface area contributed by atoms with Gasteiger partial charge in [-0.25, -0.2) is 4.79 Å². The standard InChI is InChI=1S/C18H15NO6/c1-2-9-24-16-8-4-6-14(11-16)18(21)25-12-17(20)13-5-3-7-15(10-13)19(22)23/h2-8,10-11H,1,9,12H2. The highest BCUT2D eigenvalue weighted by molar-refractivity contribution is 5.99. The number of carbonyl (C=O) groups excluding carboxylic acids is 2. The number of nitrogens with zero attached hydrogens (tertiary/aromatic N) is 1. The number of rotatable bonds is 8. The molecule has 0 N–H and O–H groups in total. The second-order valence-corrected chi connectivity index (χ2v) is 4.93. The minimum atomic E-state index is -0.692. The van der Waals surface area contributed by atoms with E-state index in [0.717, 1.165) is 6.07 Å². The van der Waals surface area contributed by atoms with E-state index in [2.05, 4.69) is 6.58 Å². The lowest BCUT2D eigenvalue weighted by molar-refractivity contribution is -0.384. The maximum atomic E-state index is 12.0. The van der Waals surface area contributed by atoms with Gasteiger partial charge in [-0.3, -0.25) is 14.9 Å². The predicted octanol–water partition coefficient (Wildman–Crippen LogP) is 3.20. The summed E-state index contributed by atoms with van der Waals surface area (Å²) in [5.41, 5.74) is 0.128. The van der Waals surface area contributed by atoms with E-state index in [1.54, 1.807) is 18.2 Å². The van der Waals surface area contributed by atoms with Gasteiger partial charge in [-0.2, -0.15) is 0 Å². The van der Waals surface area contributed by atoms with E-state index in [1.807, 2.05) is 0 Å². The van der Waals surface area contributed by atoms with Crippen molar-refractivity contribution in [1.82, 2.24) is 0 Å². The molecule has 0 amide bonds. The van der Waals surface area contributed by atoms with E-state index in [-0.39, 0.29) is 16.8 Å². The third kappa shape index (κ3) is 5.00. The van der Waals surface area contributed by atoms with Crippen molar-refractivity contribution in [2.24, 2.45) is 0 Å². The Hall–Kier alpha value is -3.48. The summed E-state index contributed by atoms with van der Waals surface area (Å²) in [6.45, 7) is 3.31. The van der Waals surface area contributed by atoms with Gasteiger partial charge >= 0.3 is 5.97 Å². The van der Waals surface area contributed by atoms with Gasteiger partial charge in [0.15, 0.2) is 6.61 Å². The highest BCUT2D eigenvalue weighted by Gasteiger charge is 2.15. The van der Waals surface area contributed by atoms with Crippen molar-refractivity contribution in [3.05, 3.63) is 82.4 Å². The third-order valence-corrected chi connectivity index (χ3v) is 3.15. The number of benzene rings is 2. The van der Waals surface area contributed by atoms with Crippen LogP contribution in [0, 0.1) is 10.1 Å². The van der Waals surface area contributed by atoms with Crippen molar-refractivity contribution in [1.29, 1.82) is 0 Å². The van der Waals surface area contributed by atoms with E-state index >= 15 is 0 Å². The Bertz CT molecular complexity index is 815. The second-order valence-electron chi connectivity index (χ2n) is 4.93. The third-order valence-electron chi connectivity index (χ3n) is 3.15. The van der Waals surface area contributed by atoms with E-state index in [1.165, 1.54) is 30.3 Å². The summed E-state index contributed by atoms with van der Waals surface area (Å²) in [6.07, 6.45) is 1.57. The van der Waals surface area contributed by atoms with Crippen molar-refractivity contribution in [3.8, 4) is 5.75 Å². The number of nitro benzene ring substituents is 1. The normalized spacial score (nSPS) is 9.92. The molecule has 7 nitrogen and oxygen atoms in total. The van der Waals surface area contributed by atoms with Gasteiger partial charge < -0.3 is 9.47 Å². The first kappa shape index (κ1) is 17.9. The Kier molecular flexibility index (Phi) is 6.00. The number of esters is 1. The van der Waals surface area contributed by atoms with E-state index < -0.39 is 23.3 Å². The van der Waals surface area contributed by atoms with E-state index in [4.69, 9.17) is 9.47 Å². The largest absolute Gasteiger partial charge is 0.490 e. The maximum Gasteiger partial charge on any atom is 0.338 e. The minimum Gasteiger partial charge on any atom is -0.490 e. The zero-order valence-corrected chi connectivity index (χ0v) is 13.2. The molecular weight excluding hydrogens is 326 g/mol. The number of Topliss-reactive ketones (excluding diaryl/α,β-unsaturated/α-hetero) is 1. The Morgan fingerprint density at radius 1 is 1.12 bits per heavy atom. The zero-order valence-electron chi connectivity index (χ0n) is 13.2. The summed E-state index contributed by atoms with van der Waals surface area (Å²) in [6, 6.07) is 11.6. The highest BCUT2D eigenvalue weighted by Crippen LogP contribution is 2.16. The predicted molar refractivity (Wildman–Crippen MR) is 89.8 cm³/mol. The first-order valence-electron chi connectivity index (χ1n) is 7.30. The second kappa shape index (κ2) is 8.39. The van der Waals surface area contributed by atoms with Crippen molar-refractivity contribution >= 4 is 17.4 Å². The average molecular weight is 341 g/mol. The molecule has 0 aromatic heterocycles. The number of ketones is 1. The van der Waals surface area contributed by atoms with Crippen molar-refractivity contribution in [2.75, 3.05) is 13.2 Å². The van der Waals surface area contributed by atoms with Crippen LogP contribution in [0.1, 0.15) is 20.7 Å². The van der Waals surface area contributed by atoms with Crippen molar-refractivity contribution in [2.45, 2.75) is 0 Å². The van der Waals surface area contributed by atoms with Gasteiger partial charge in [-0.1, -0.05) is 30.9 Å². The Morgan fingerprint density at radius 2 is 1.84 bits per heavy atom. The van der Waals surface area contributed by atoms with Crippen LogP contribution in [0.4, 0.5) is 5.69 Å². The molecule has 0 saturated carbocycles. The first-order chi connectivity index (χ1) is 12.0. The maximum absolute atomic E-state index is 12.0. The molecular formula is C18H15NO6. The van der Waals surface area contributed by atoms with Crippen LogP contribution in [0.25, 0.3) is 0 Å². The van der Waals surface area contributed by atoms with Gasteiger partial charge in [-0.05, 0) is 18.2 Å². The van der Waals surface area contributed by atoms with Crippen molar-refractivity contribution in [3.63, 3.8) is 0 Å². The quantitative estimate of drug-likeness (QED) is 0.240. The SMILES string of the molecule is C=CCOc1cccc(C(=O)OCC(=O)c2cccc([N+](=O)[O-])c2)c1. The smallest absolute Gasteiger partial charge is 0.338 e. The molecule has 2 aromatic carbocycles. The van der Waals surface area contributed by atoms with Crippen LogP contribution in [-0.2, 0) is 4.74 Å². The summed E-state index contributed by atoms with van der Waals surface area (Å²) in [5, 5.41) is 10.7. The summed E-state index contributed by atoms with van der Waals surface area (Å²) in [7, 11) is 0. The summed E-state index contributed by atoms with van der Waals surface area (Å²) < 4.78 is 10.3. The lowest BCUT2D eigenvalue weighted by Gasteiger charge is -2.07. The van der Waals surface area contributed by atoms with Gasteiger partial charge in [-0.15, -0.1) is 0 Å². The molecule has 0 unspecified atom stereocenters. The number of carbonyl (C=O) groups is 2. The minimum absolute atomic E-state index is 0.102. The average Bonchev–Trinajstić information content (AvgIpc) is 2.64. The van der Waals surface area contributed by atoms with Gasteiger partial charge in [0, 0.05) is 17.7 Å². The van der Waals surface area contributed by atoms with E-state index in [9.17, 15) is 19.7 Å². The molecule has 0 saturated heterocycles. The molecule has 0 aliphatic carbocycles. The highest BCUT2D eigenvalue weighted by atomic mass is 16.6. The summed E-state index contributed by atoms with van der Waals surface area (Å²) in [5.74, 6) is -0.752. The first-order valence-corrected chi connectivity index (χ1v) is 7.30. The molecule has 7 heteroatoms. The van der Waals surface area contributed by atoms with Crippen LogP contribution < -0.4 is 4.74 Å². The van der Waals surface area contributed by atoms with Crippen molar-refractivity contribution < 1.29 is 24.0 Å². The van der Waals surface area contributed by atoms with Gasteiger partial charge in [0.05, 0.1) is 10.5 Å². The fourth-order valence-electron chi connectivity index (χ4n) is 1.96. The molecule has 2 aromatic rings. The van der Waals surface area contributed by atoms with Gasteiger partial charge in [0.2, 0.25) is 5.78 Å². The van der Waals surface area contributed by atoms with Crippen LogP contribution in [0.3, 0.4) is 0 Å². The fourth-order valence-corrected chi connectivity index (χ4v) is 1.96. The molecule has 0 aliphatic heterocycles. The molecule has 0 spiro atoms. The fraction of sp³-hybridized carbons (Fsp3) is 0.111. The summed E-state index contributed by atoms with van der Waals surface area (Å²) in [4.78, 5) is 34.2. The molecule has 0 bridgehead atoms. The van der Waals surface area contributed by atoms with Crippen LogP contribution >= 0.6 is 0 Å². The number of hydrogen-bond donors (Lipinski definition) is 0. The van der Waals surface area contributed by atoms with Crippen LogP contribution in [0.5, 0.6) is 5.75 Å². The van der Waals surface area contributed by atoms with Crippen LogP contribution in [0.15, 0.2) is 61.2 Å². The molecule has 0 heterocycles. The van der Waals surface area contributed by atoms with Gasteiger partial charge in [0.25, 0.3) is 5.69 Å². The molecule has 128 valence electrons.